The highest BCUT2D eigenvalue weighted by atomic mass is 32.2. The van der Waals surface area contributed by atoms with Crippen LogP contribution in [0.3, 0.4) is 0 Å². The van der Waals surface area contributed by atoms with E-state index >= 15 is 0 Å². The maximum absolute atomic E-state index is 13.0. The number of nitrogens with zero attached hydrogens (tertiary/aromatic N) is 1. The topological polar surface area (TPSA) is 38.8 Å². The minimum atomic E-state index is -0.297. The van der Waals surface area contributed by atoms with Crippen molar-refractivity contribution < 1.29 is 18.7 Å². The van der Waals surface area contributed by atoms with Gasteiger partial charge in [-0.05, 0) is 29.8 Å². The quantitative estimate of drug-likeness (QED) is 0.815. The van der Waals surface area contributed by atoms with E-state index in [1.165, 1.54) is 12.1 Å². The van der Waals surface area contributed by atoms with Crippen LogP contribution >= 0.6 is 11.8 Å². The number of rotatable bonds is 5. The Hall–Kier alpha value is -2.21. The Balaban J connectivity index is 1.80. The third-order valence-electron chi connectivity index (χ3n) is 4.19. The van der Waals surface area contributed by atoms with Crippen molar-refractivity contribution in [3.63, 3.8) is 0 Å². The molecule has 0 bridgehead atoms. The van der Waals surface area contributed by atoms with Crippen molar-refractivity contribution in [2.75, 3.05) is 26.5 Å². The summed E-state index contributed by atoms with van der Waals surface area (Å²) in [6.07, 6.45) is 0.260. The number of methoxy groups -OCH3 is 2. The zero-order valence-corrected chi connectivity index (χ0v) is 15.0. The summed E-state index contributed by atoms with van der Waals surface area (Å²) in [5, 5.41) is -0.0891. The third-order valence-corrected chi connectivity index (χ3v) is 5.43. The molecular formula is C19H20FNO3S. The minimum absolute atomic E-state index is 0.0273. The number of halogens is 1. The van der Waals surface area contributed by atoms with Gasteiger partial charge in [-0.1, -0.05) is 12.1 Å². The van der Waals surface area contributed by atoms with Crippen molar-refractivity contribution >= 4 is 17.7 Å². The fourth-order valence-corrected chi connectivity index (χ4v) is 4.19. The molecule has 132 valence electrons. The van der Waals surface area contributed by atoms with Gasteiger partial charge in [0.1, 0.15) is 22.7 Å². The fraction of sp³-hybridized carbons (Fsp3) is 0.316. The Labute approximate surface area is 150 Å². The number of benzene rings is 2. The monoisotopic (exact) mass is 361 g/mol. The largest absolute Gasteiger partial charge is 0.497 e. The number of thioether (sulfide) groups is 1. The lowest BCUT2D eigenvalue weighted by molar-refractivity contribution is -0.130. The molecule has 1 atom stereocenters. The minimum Gasteiger partial charge on any atom is -0.497 e. The van der Waals surface area contributed by atoms with Crippen molar-refractivity contribution in [2.45, 2.75) is 11.8 Å². The number of amides is 1. The Morgan fingerprint density at radius 3 is 2.64 bits per heavy atom. The van der Waals surface area contributed by atoms with Crippen LogP contribution in [0.5, 0.6) is 11.5 Å². The van der Waals surface area contributed by atoms with Gasteiger partial charge in [-0.25, -0.2) is 4.39 Å². The van der Waals surface area contributed by atoms with Gasteiger partial charge in [-0.3, -0.25) is 4.79 Å². The maximum atomic E-state index is 13.0. The SMILES string of the molecule is COc1ccc(C2SCCN2C(=O)Cc2ccc(F)cc2)c(OC)c1. The van der Waals surface area contributed by atoms with Gasteiger partial charge in [0.05, 0.1) is 20.6 Å². The van der Waals surface area contributed by atoms with Gasteiger partial charge in [0, 0.05) is 23.9 Å². The van der Waals surface area contributed by atoms with E-state index < -0.39 is 0 Å². The van der Waals surface area contributed by atoms with Crippen LogP contribution in [0.2, 0.25) is 0 Å². The van der Waals surface area contributed by atoms with Crippen LogP contribution in [0.25, 0.3) is 0 Å². The summed E-state index contributed by atoms with van der Waals surface area (Å²) in [5.74, 6) is 2.02. The van der Waals surface area contributed by atoms with Gasteiger partial charge < -0.3 is 14.4 Å². The van der Waals surface area contributed by atoms with Crippen LogP contribution in [-0.2, 0) is 11.2 Å². The number of hydrogen-bond acceptors (Lipinski definition) is 4. The number of carbonyl (C=O) groups is 1. The average molecular weight is 361 g/mol. The second-order valence-corrected chi connectivity index (χ2v) is 6.91. The third kappa shape index (κ3) is 3.90. The van der Waals surface area contributed by atoms with Crippen molar-refractivity contribution in [3.8, 4) is 11.5 Å². The Kier molecular flexibility index (Phi) is 5.48. The highest BCUT2D eigenvalue weighted by Crippen LogP contribution is 2.43. The Morgan fingerprint density at radius 2 is 1.96 bits per heavy atom. The zero-order valence-electron chi connectivity index (χ0n) is 14.2. The van der Waals surface area contributed by atoms with Crippen LogP contribution in [-0.4, -0.2) is 37.3 Å². The molecule has 1 fully saturated rings. The molecule has 1 aliphatic rings. The van der Waals surface area contributed by atoms with E-state index in [0.29, 0.717) is 18.0 Å². The number of carbonyl (C=O) groups excluding carboxylic acids is 1. The van der Waals surface area contributed by atoms with Gasteiger partial charge in [0.15, 0.2) is 0 Å². The predicted octanol–water partition coefficient (Wildman–Crippen LogP) is 3.66. The molecule has 0 aromatic heterocycles. The van der Waals surface area contributed by atoms with Gasteiger partial charge in [0.2, 0.25) is 5.91 Å². The van der Waals surface area contributed by atoms with Crippen molar-refractivity contribution in [2.24, 2.45) is 0 Å². The summed E-state index contributed by atoms with van der Waals surface area (Å²) in [4.78, 5) is 14.6. The molecule has 0 aliphatic carbocycles. The van der Waals surface area contributed by atoms with Crippen LogP contribution in [0.4, 0.5) is 4.39 Å². The van der Waals surface area contributed by atoms with E-state index in [2.05, 4.69) is 0 Å². The van der Waals surface area contributed by atoms with E-state index in [1.54, 1.807) is 38.1 Å². The molecule has 2 aromatic rings. The van der Waals surface area contributed by atoms with E-state index in [4.69, 9.17) is 9.47 Å². The molecule has 0 N–H and O–H groups in total. The molecule has 4 nitrogen and oxygen atoms in total. The molecule has 1 saturated heterocycles. The number of hydrogen-bond donors (Lipinski definition) is 0. The second kappa shape index (κ2) is 7.78. The Morgan fingerprint density at radius 1 is 1.20 bits per heavy atom. The normalized spacial score (nSPS) is 16.8. The van der Waals surface area contributed by atoms with E-state index in [-0.39, 0.29) is 23.5 Å². The Bertz CT molecular complexity index is 751. The molecule has 1 amide bonds. The zero-order chi connectivity index (χ0) is 17.8. The standard InChI is InChI=1S/C19H20FNO3S/c1-23-15-7-8-16(17(12-15)24-2)19-21(9-10-25-19)18(22)11-13-3-5-14(20)6-4-13/h3-8,12,19H,9-11H2,1-2H3. The second-order valence-electron chi connectivity index (χ2n) is 5.72. The smallest absolute Gasteiger partial charge is 0.228 e. The van der Waals surface area contributed by atoms with E-state index in [9.17, 15) is 9.18 Å². The molecule has 1 heterocycles. The van der Waals surface area contributed by atoms with Crippen molar-refractivity contribution in [1.82, 2.24) is 4.90 Å². The first-order chi connectivity index (χ1) is 12.1. The van der Waals surface area contributed by atoms with Crippen LogP contribution in [0.1, 0.15) is 16.5 Å². The molecule has 2 aromatic carbocycles. The van der Waals surface area contributed by atoms with Crippen molar-refractivity contribution in [3.05, 3.63) is 59.4 Å². The molecular weight excluding hydrogens is 341 g/mol. The van der Waals surface area contributed by atoms with Gasteiger partial charge in [0.25, 0.3) is 0 Å². The summed E-state index contributed by atoms with van der Waals surface area (Å²) >= 11 is 1.71. The van der Waals surface area contributed by atoms with Crippen molar-refractivity contribution in [1.29, 1.82) is 0 Å². The summed E-state index contributed by atoms with van der Waals surface area (Å²) < 4.78 is 23.8. The molecule has 6 heteroatoms. The first-order valence-corrected chi connectivity index (χ1v) is 9.04. The summed E-state index contributed by atoms with van der Waals surface area (Å²) in [6.45, 7) is 0.685. The summed E-state index contributed by atoms with van der Waals surface area (Å²) in [6, 6.07) is 11.7. The van der Waals surface area contributed by atoms with E-state index in [1.807, 2.05) is 23.1 Å². The van der Waals surface area contributed by atoms with Gasteiger partial charge in [-0.15, -0.1) is 11.8 Å². The molecule has 1 unspecified atom stereocenters. The van der Waals surface area contributed by atoms with Crippen LogP contribution in [0.15, 0.2) is 42.5 Å². The molecule has 0 saturated carbocycles. The lowest BCUT2D eigenvalue weighted by Gasteiger charge is -2.25. The summed E-state index contributed by atoms with van der Waals surface area (Å²) in [5.41, 5.74) is 1.77. The molecule has 0 radical (unpaired) electrons. The van der Waals surface area contributed by atoms with Gasteiger partial charge in [-0.2, -0.15) is 0 Å². The molecule has 0 spiro atoms. The maximum Gasteiger partial charge on any atom is 0.228 e. The predicted molar refractivity (Wildman–Crippen MR) is 96.6 cm³/mol. The molecule has 25 heavy (non-hydrogen) atoms. The lowest BCUT2D eigenvalue weighted by atomic mass is 10.1. The van der Waals surface area contributed by atoms with Crippen LogP contribution < -0.4 is 9.47 Å². The molecule has 3 rings (SSSR count). The lowest BCUT2D eigenvalue weighted by Crippen LogP contribution is -2.31. The fourth-order valence-electron chi connectivity index (χ4n) is 2.88. The van der Waals surface area contributed by atoms with Crippen LogP contribution in [0, 0.1) is 5.82 Å². The van der Waals surface area contributed by atoms with E-state index in [0.717, 1.165) is 16.9 Å². The first kappa shape index (κ1) is 17.6. The highest BCUT2D eigenvalue weighted by Gasteiger charge is 2.32. The molecule has 1 aliphatic heterocycles. The first-order valence-electron chi connectivity index (χ1n) is 8.00. The highest BCUT2D eigenvalue weighted by molar-refractivity contribution is 7.99. The average Bonchev–Trinajstić information content (AvgIpc) is 3.12. The van der Waals surface area contributed by atoms with Gasteiger partial charge >= 0.3 is 0 Å². The number of ether oxygens (including phenoxy) is 2. The summed E-state index contributed by atoms with van der Waals surface area (Å²) in [7, 11) is 3.22.